The van der Waals surface area contributed by atoms with Crippen LogP contribution < -0.4 is 10.9 Å². The maximum absolute atomic E-state index is 12.0. The van der Waals surface area contributed by atoms with E-state index in [1.807, 2.05) is 18.3 Å². The van der Waals surface area contributed by atoms with Crippen molar-refractivity contribution in [2.75, 3.05) is 11.9 Å². The highest BCUT2D eigenvalue weighted by Crippen LogP contribution is 2.16. The summed E-state index contributed by atoms with van der Waals surface area (Å²) < 4.78 is 1.84. The van der Waals surface area contributed by atoms with E-state index in [4.69, 9.17) is 0 Å². The van der Waals surface area contributed by atoms with Gasteiger partial charge in [-0.1, -0.05) is 12.1 Å². The van der Waals surface area contributed by atoms with Crippen LogP contribution in [-0.4, -0.2) is 21.3 Å². The maximum Gasteiger partial charge on any atom is 0.283 e. The minimum absolute atomic E-state index is 0.170. The normalized spacial score (nSPS) is 10.2. The van der Waals surface area contributed by atoms with Crippen molar-refractivity contribution >= 4 is 21.6 Å². The third-order valence-corrected chi connectivity index (χ3v) is 3.51. The lowest BCUT2D eigenvalue weighted by atomic mass is 10.2. The van der Waals surface area contributed by atoms with Gasteiger partial charge in [0.1, 0.15) is 4.47 Å². The van der Waals surface area contributed by atoms with Crippen LogP contribution in [-0.2, 0) is 13.0 Å². The van der Waals surface area contributed by atoms with Crippen LogP contribution in [0.5, 0.6) is 0 Å². The number of pyridine rings is 1. The number of hydrogen-bond acceptors (Lipinski definition) is 4. The van der Waals surface area contributed by atoms with Gasteiger partial charge in [0.2, 0.25) is 0 Å². The zero-order valence-electron chi connectivity index (χ0n) is 10.9. The van der Waals surface area contributed by atoms with Crippen LogP contribution >= 0.6 is 15.9 Å². The van der Waals surface area contributed by atoms with Crippen molar-refractivity contribution < 1.29 is 0 Å². The van der Waals surface area contributed by atoms with E-state index in [1.165, 1.54) is 4.68 Å². The topological polar surface area (TPSA) is 59.8 Å². The van der Waals surface area contributed by atoms with Crippen LogP contribution in [0.3, 0.4) is 0 Å². The Bertz CT molecular complexity index is 639. The molecule has 0 spiro atoms. The van der Waals surface area contributed by atoms with E-state index in [0.717, 1.165) is 12.0 Å². The van der Waals surface area contributed by atoms with Gasteiger partial charge in [0.05, 0.1) is 18.4 Å². The molecule has 0 radical (unpaired) electrons. The molecule has 20 heavy (non-hydrogen) atoms. The van der Waals surface area contributed by atoms with Crippen molar-refractivity contribution in [3.05, 3.63) is 63.8 Å². The second-order valence-electron chi connectivity index (χ2n) is 4.19. The zero-order chi connectivity index (χ0) is 14.4. The molecule has 0 amide bonds. The van der Waals surface area contributed by atoms with Crippen molar-refractivity contribution in [2.24, 2.45) is 0 Å². The Morgan fingerprint density at radius 1 is 1.45 bits per heavy atom. The zero-order valence-corrected chi connectivity index (χ0v) is 12.5. The molecule has 104 valence electrons. The molecule has 2 aromatic rings. The minimum atomic E-state index is -0.170. The molecule has 1 N–H and O–H groups in total. The first-order valence-corrected chi connectivity index (χ1v) is 7.01. The summed E-state index contributed by atoms with van der Waals surface area (Å²) in [7, 11) is 0. The fourth-order valence-electron chi connectivity index (χ4n) is 1.73. The smallest absolute Gasteiger partial charge is 0.283 e. The van der Waals surface area contributed by atoms with Crippen LogP contribution in [0.15, 0.2) is 52.6 Å². The highest BCUT2D eigenvalue weighted by Gasteiger charge is 2.07. The lowest BCUT2D eigenvalue weighted by Gasteiger charge is -2.09. The van der Waals surface area contributed by atoms with E-state index in [9.17, 15) is 4.79 Å². The molecule has 0 aromatic carbocycles. The Hall–Kier alpha value is -1.95. The molecule has 5 nitrogen and oxygen atoms in total. The van der Waals surface area contributed by atoms with Gasteiger partial charge in [-0.25, -0.2) is 4.68 Å². The first-order chi connectivity index (χ1) is 9.72. The number of aromatic nitrogens is 3. The van der Waals surface area contributed by atoms with Crippen molar-refractivity contribution in [3.63, 3.8) is 0 Å². The summed E-state index contributed by atoms with van der Waals surface area (Å²) in [5, 5.41) is 7.28. The van der Waals surface area contributed by atoms with Crippen molar-refractivity contribution in [3.8, 4) is 0 Å². The number of allylic oxidation sites excluding steroid dienone is 1. The van der Waals surface area contributed by atoms with Crippen LogP contribution in [0.4, 0.5) is 5.69 Å². The molecule has 2 heterocycles. The van der Waals surface area contributed by atoms with E-state index in [0.29, 0.717) is 23.2 Å². The maximum atomic E-state index is 12.0. The summed E-state index contributed by atoms with van der Waals surface area (Å²) in [5.74, 6) is 0. The number of anilines is 1. The van der Waals surface area contributed by atoms with Gasteiger partial charge in [-0.2, -0.15) is 5.10 Å². The molecule has 0 atom stereocenters. The van der Waals surface area contributed by atoms with E-state index in [2.05, 4.69) is 37.9 Å². The molecule has 6 heteroatoms. The van der Waals surface area contributed by atoms with Gasteiger partial charge in [0.15, 0.2) is 0 Å². The van der Waals surface area contributed by atoms with Gasteiger partial charge in [-0.05, 0) is 34.0 Å². The molecule has 0 bridgehead atoms. The van der Waals surface area contributed by atoms with Crippen LogP contribution in [0.2, 0.25) is 0 Å². The highest BCUT2D eigenvalue weighted by atomic mass is 79.9. The van der Waals surface area contributed by atoms with Gasteiger partial charge < -0.3 is 5.32 Å². The van der Waals surface area contributed by atoms with Crippen molar-refractivity contribution in [1.82, 2.24) is 14.8 Å². The first kappa shape index (κ1) is 14.5. The number of nitrogens with one attached hydrogen (secondary N) is 1. The standard InChI is InChI=1S/C14H15BrN4O/c1-2-8-19-14(20)13(15)12(10-18-19)17-7-5-11-4-3-6-16-9-11/h2-4,6,9-10,17H,1,5,7-8H2. The average molecular weight is 335 g/mol. The van der Waals surface area contributed by atoms with E-state index in [-0.39, 0.29) is 5.56 Å². The summed E-state index contributed by atoms with van der Waals surface area (Å²) in [4.78, 5) is 16.0. The van der Waals surface area contributed by atoms with Crippen molar-refractivity contribution in [1.29, 1.82) is 0 Å². The first-order valence-electron chi connectivity index (χ1n) is 6.21. The molecule has 0 fully saturated rings. The Morgan fingerprint density at radius 3 is 3.00 bits per heavy atom. The molecule has 0 unspecified atom stereocenters. The number of hydrogen-bond donors (Lipinski definition) is 1. The Labute approximate surface area is 125 Å². The summed E-state index contributed by atoms with van der Waals surface area (Å²) in [6.07, 6.45) is 7.68. The van der Waals surface area contributed by atoms with E-state index in [1.54, 1.807) is 18.5 Å². The largest absolute Gasteiger partial charge is 0.382 e. The summed E-state index contributed by atoms with van der Waals surface area (Å²) in [6, 6.07) is 3.92. The van der Waals surface area contributed by atoms with Gasteiger partial charge in [0.25, 0.3) is 5.56 Å². The van der Waals surface area contributed by atoms with Crippen LogP contribution in [0, 0.1) is 0 Å². The van der Waals surface area contributed by atoms with E-state index < -0.39 is 0 Å². The van der Waals surface area contributed by atoms with Crippen LogP contribution in [0.25, 0.3) is 0 Å². The minimum Gasteiger partial charge on any atom is -0.382 e. The fraction of sp³-hybridized carbons (Fsp3) is 0.214. The number of halogens is 1. The second kappa shape index (κ2) is 7.00. The summed E-state index contributed by atoms with van der Waals surface area (Å²) >= 11 is 3.30. The second-order valence-corrected chi connectivity index (χ2v) is 4.98. The molecule has 0 aliphatic heterocycles. The molecule has 2 rings (SSSR count). The summed E-state index contributed by atoms with van der Waals surface area (Å²) in [6.45, 7) is 4.70. The molecule has 0 aliphatic rings. The monoisotopic (exact) mass is 334 g/mol. The van der Waals surface area contributed by atoms with Gasteiger partial charge in [-0.15, -0.1) is 6.58 Å². The van der Waals surface area contributed by atoms with Gasteiger partial charge >= 0.3 is 0 Å². The van der Waals surface area contributed by atoms with Gasteiger partial charge in [0, 0.05) is 18.9 Å². The lowest BCUT2D eigenvalue weighted by molar-refractivity contribution is 0.649. The molecular weight excluding hydrogens is 320 g/mol. The van der Waals surface area contributed by atoms with Crippen molar-refractivity contribution in [2.45, 2.75) is 13.0 Å². The molecule has 0 saturated carbocycles. The van der Waals surface area contributed by atoms with Gasteiger partial charge in [-0.3, -0.25) is 9.78 Å². The Morgan fingerprint density at radius 2 is 2.30 bits per heavy atom. The number of rotatable bonds is 6. The highest BCUT2D eigenvalue weighted by molar-refractivity contribution is 9.10. The molecule has 0 saturated heterocycles. The van der Waals surface area contributed by atoms with E-state index >= 15 is 0 Å². The third-order valence-electron chi connectivity index (χ3n) is 2.74. The third kappa shape index (κ3) is 3.54. The summed E-state index contributed by atoms with van der Waals surface area (Å²) in [5.41, 5.74) is 1.67. The number of nitrogens with zero attached hydrogens (tertiary/aromatic N) is 3. The lowest BCUT2D eigenvalue weighted by Crippen LogP contribution is -2.24. The molecular formula is C14H15BrN4O. The average Bonchev–Trinajstić information content (AvgIpc) is 2.48. The molecule has 2 aromatic heterocycles. The quantitative estimate of drug-likeness (QED) is 0.823. The predicted molar refractivity (Wildman–Crippen MR) is 82.8 cm³/mol. The molecule has 0 aliphatic carbocycles. The SMILES string of the molecule is C=CCn1ncc(NCCc2cccnc2)c(Br)c1=O. The Balaban J connectivity index is 2.02. The predicted octanol–water partition coefficient (Wildman–Crippen LogP) is 2.24. The fourth-order valence-corrected chi connectivity index (χ4v) is 2.18. The van der Waals surface area contributed by atoms with Crippen LogP contribution in [0.1, 0.15) is 5.56 Å². The Kier molecular flexibility index (Phi) is 5.06.